The summed E-state index contributed by atoms with van der Waals surface area (Å²) in [6.45, 7) is 8.45. The Balaban J connectivity index is 1.34. The molecule has 2 aliphatic heterocycles. The third-order valence-electron chi connectivity index (χ3n) is 5.15. The maximum Gasteiger partial charge on any atom is 0.268 e. The number of anilines is 1. The van der Waals surface area contributed by atoms with Crippen molar-refractivity contribution in [1.29, 1.82) is 0 Å². The Kier molecular flexibility index (Phi) is 4.36. The predicted octanol–water partition coefficient (Wildman–Crippen LogP) is 0.313. The third kappa shape index (κ3) is 3.29. The molecular formula is C18H24N6O2. The van der Waals surface area contributed by atoms with Crippen LogP contribution in [0.15, 0.2) is 17.1 Å². The van der Waals surface area contributed by atoms with Crippen LogP contribution in [0.5, 0.6) is 5.88 Å². The van der Waals surface area contributed by atoms with Gasteiger partial charge in [-0.25, -0.2) is 9.67 Å². The third-order valence-corrected chi connectivity index (χ3v) is 5.15. The van der Waals surface area contributed by atoms with Crippen molar-refractivity contribution in [2.75, 3.05) is 37.6 Å². The maximum absolute atomic E-state index is 11.8. The zero-order valence-electron chi connectivity index (χ0n) is 15.5. The number of aryl methyl sites for hydroxylation is 3. The molecule has 26 heavy (non-hydrogen) atoms. The summed E-state index contributed by atoms with van der Waals surface area (Å²) in [4.78, 5) is 25.3. The van der Waals surface area contributed by atoms with Crippen LogP contribution in [0.3, 0.4) is 0 Å². The van der Waals surface area contributed by atoms with Crippen molar-refractivity contribution < 1.29 is 4.74 Å². The van der Waals surface area contributed by atoms with Gasteiger partial charge >= 0.3 is 0 Å². The second-order valence-corrected chi connectivity index (χ2v) is 7.05. The van der Waals surface area contributed by atoms with Gasteiger partial charge in [-0.2, -0.15) is 10.1 Å². The van der Waals surface area contributed by atoms with Crippen molar-refractivity contribution in [2.45, 2.75) is 26.4 Å². The van der Waals surface area contributed by atoms with E-state index in [-0.39, 0.29) is 11.7 Å². The number of aromatic nitrogens is 4. The number of ether oxygens (including phenoxy) is 1. The van der Waals surface area contributed by atoms with Crippen molar-refractivity contribution >= 4 is 5.69 Å². The first-order chi connectivity index (χ1) is 12.5. The Morgan fingerprint density at radius 1 is 1.19 bits per heavy atom. The van der Waals surface area contributed by atoms with Gasteiger partial charge in [-0.15, -0.1) is 0 Å². The molecule has 1 saturated heterocycles. The summed E-state index contributed by atoms with van der Waals surface area (Å²) in [6, 6.07) is 1.66. The lowest BCUT2D eigenvalue weighted by molar-refractivity contribution is 0.142. The Hall–Kier alpha value is -2.48. The van der Waals surface area contributed by atoms with Gasteiger partial charge in [0, 0.05) is 63.5 Å². The highest BCUT2D eigenvalue weighted by atomic mass is 16.5. The van der Waals surface area contributed by atoms with Crippen molar-refractivity contribution in [3.63, 3.8) is 0 Å². The minimum atomic E-state index is -0.0752. The van der Waals surface area contributed by atoms with Crippen LogP contribution in [0.2, 0.25) is 0 Å². The SMILES string of the molecule is Cc1nc(C)c2c(n1)O[C@@H](CN1CCN(c3cnn(C)c(=O)c3)CC1)C2. The van der Waals surface area contributed by atoms with Gasteiger partial charge in [-0.05, 0) is 13.8 Å². The molecule has 4 rings (SSSR count). The molecule has 0 radical (unpaired) electrons. The van der Waals surface area contributed by atoms with Gasteiger partial charge in [-0.1, -0.05) is 0 Å². The Morgan fingerprint density at radius 3 is 2.69 bits per heavy atom. The van der Waals surface area contributed by atoms with Gasteiger partial charge in [0.15, 0.2) is 0 Å². The summed E-state index contributed by atoms with van der Waals surface area (Å²) in [7, 11) is 1.66. The quantitative estimate of drug-likeness (QED) is 0.783. The fraction of sp³-hybridized carbons (Fsp3) is 0.556. The van der Waals surface area contributed by atoms with Crippen molar-refractivity contribution in [2.24, 2.45) is 7.05 Å². The number of nitrogens with zero attached hydrogens (tertiary/aromatic N) is 6. The van der Waals surface area contributed by atoms with Crippen LogP contribution >= 0.6 is 0 Å². The fourth-order valence-electron chi connectivity index (χ4n) is 3.68. The van der Waals surface area contributed by atoms with Crippen LogP contribution < -0.4 is 15.2 Å². The largest absolute Gasteiger partial charge is 0.472 e. The molecule has 138 valence electrons. The molecule has 0 bridgehead atoms. The number of fused-ring (bicyclic) bond motifs is 1. The molecule has 0 N–H and O–H groups in total. The van der Waals surface area contributed by atoms with Crippen LogP contribution in [-0.2, 0) is 13.5 Å². The minimum absolute atomic E-state index is 0.0752. The van der Waals surface area contributed by atoms with E-state index < -0.39 is 0 Å². The highest BCUT2D eigenvalue weighted by molar-refractivity contribution is 5.43. The normalized spacial score (nSPS) is 20.1. The monoisotopic (exact) mass is 356 g/mol. The summed E-state index contributed by atoms with van der Waals surface area (Å²) in [5.41, 5.74) is 3.00. The second kappa shape index (κ2) is 6.68. The highest BCUT2D eigenvalue weighted by Crippen LogP contribution is 2.29. The van der Waals surface area contributed by atoms with Crippen molar-refractivity contribution in [3.8, 4) is 5.88 Å². The summed E-state index contributed by atoms with van der Waals surface area (Å²) in [6.07, 6.45) is 2.77. The van der Waals surface area contributed by atoms with E-state index in [1.54, 1.807) is 19.3 Å². The first-order valence-corrected chi connectivity index (χ1v) is 9.01. The molecule has 4 heterocycles. The van der Waals surface area contributed by atoms with E-state index in [1.807, 2.05) is 13.8 Å². The van der Waals surface area contributed by atoms with Gasteiger partial charge in [-0.3, -0.25) is 9.69 Å². The van der Waals surface area contributed by atoms with E-state index in [9.17, 15) is 4.79 Å². The van der Waals surface area contributed by atoms with Gasteiger partial charge in [0.25, 0.3) is 5.56 Å². The lowest BCUT2D eigenvalue weighted by atomic mass is 10.1. The van der Waals surface area contributed by atoms with Crippen LogP contribution in [0.25, 0.3) is 0 Å². The topological polar surface area (TPSA) is 76.4 Å². The molecule has 1 atom stereocenters. The molecule has 8 nitrogen and oxygen atoms in total. The van der Waals surface area contributed by atoms with Crippen LogP contribution in [0.4, 0.5) is 5.69 Å². The molecule has 2 aliphatic rings. The lowest BCUT2D eigenvalue weighted by Crippen LogP contribution is -2.49. The Labute approximate surface area is 152 Å². The number of rotatable bonds is 3. The van der Waals surface area contributed by atoms with Crippen LogP contribution in [0, 0.1) is 13.8 Å². The fourth-order valence-corrected chi connectivity index (χ4v) is 3.68. The average molecular weight is 356 g/mol. The smallest absolute Gasteiger partial charge is 0.268 e. The minimum Gasteiger partial charge on any atom is -0.472 e. The van der Waals surface area contributed by atoms with E-state index in [1.165, 1.54) is 4.68 Å². The summed E-state index contributed by atoms with van der Waals surface area (Å²) in [5, 5.41) is 4.11. The molecule has 2 aromatic rings. The lowest BCUT2D eigenvalue weighted by Gasteiger charge is -2.36. The zero-order chi connectivity index (χ0) is 18.3. The van der Waals surface area contributed by atoms with E-state index in [0.717, 1.165) is 67.8 Å². The van der Waals surface area contributed by atoms with Gasteiger partial charge < -0.3 is 9.64 Å². The first-order valence-electron chi connectivity index (χ1n) is 9.01. The van der Waals surface area contributed by atoms with Crippen molar-refractivity contribution in [1.82, 2.24) is 24.6 Å². The molecule has 0 amide bonds. The van der Waals surface area contributed by atoms with Gasteiger partial charge in [0.2, 0.25) is 5.88 Å². The van der Waals surface area contributed by atoms with Gasteiger partial charge in [0.1, 0.15) is 11.9 Å². The van der Waals surface area contributed by atoms with E-state index in [4.69, 9.17) is 4.74 Å². The molecular weight excluding hydrogens is 332 g/mol. The van der Waals surface area contributed by atoms with E-state index >= 15 is 0 Å². The standard InChI is InChI=1S/C18H24N6O2/c1-12-16-9-15(26-18(16)21-13(2)20-12)11-23-4-6-24(7-5-23)14-8-17(25)22(3)19-10-14/h8,10,15H,4-7,9,11H2,1-3H3/t15-/m1/s1. The molecule has 0 spiro atoms. The number of hydrogen-bond donors (Lipinski definition) is 0. The number of piperazine rings is 1. The molecule has 2 aromatic heterocycles. The Morgan fingerprint density at radius 2 is 1.96 bits per heavy atom. The summed E-state index contributed by atoms with van der Waals surface area (Å²) in [5.74, 6) is 1.52. The van der Waals surface area contributed by atoms with Crippen LogP contribution in [0.1, 0.15) is 17.1 Å². The Bertz CT molecular complexity index is 872. The van der Waals surface area contributed by atoms with Crippen LogP contribution in [-0.4, -0.2) is 63.5 Å². The molecule has 1 fully saturated rings. The van der Waals surface area contributed by atoms with E-state index in [0.29, 0.717) is 0 Å². The van der Waals surface area contributed by atoms with Crippen molar-refractivity contribution in [3.05, 3.63) is 39.7 Å². The maximum atomic E-state index is 11.8. The second-order valence-electron chi connectivity index (χ2n) is 7.05. The average Bonchev–Trinajstić information content (AvgIpc) is 3.01. The highest BCUT2D eigenvalue weighted by Gasteiger charge is 2.29. The molecule has 0 aliphatic carbocycles. The van der Waals surface area contributed by atoms with E-state index in [2.05, 4.69) is 24.9 Å². The predicted molar refractivity (Wildman–Crippen MR) is 97.8 cm³/mol. The summed E-state index contributed by atoms with van der Waals surface area (Å²) < 4.78 is 7.40. The molecule has 0 unspecified atom stereocenters. The molecule has 8 heteroatoms. The summed E-state index contributed by atoms with van der Waals surface area (Å²) >= 11 is 0. The molecule has 0 saturated carbocycles. The zero-order valence-corrected chi connectivity index (χ0v) is 15.5. The first kappa shape index (κ1) is 17.0. The van der Waals surface area contributed by atoms with Gasteiger partial charge in [0.05, 0.1) is 11.9 Å². The number of hydrogen-bond acceptors (Lipinski definition) is 7. The molecule has 0 aromatic carbocycles.